The lowest BCUT2D eigenvalue weighted by molar-refractivity contribution is -0.141. The van der Waals surface area contributed by atoms with E-state index in [1.54, 1.807) is 30.0 Å². The van der Waals surface area contributed by atoms with Crippen molar-refractivity contribution in [2.75, 3.05) is 13.1 Å². The standard InChI is InChI=1S/C24H26ClF3N8O2/c1-15-30-33-36(31-15)13-18-12-19(25)4-2-17(18)3-5-21(37)34-9-6-16(7-10-34)8-11-35-14-20(23(29)38)22(32-35)24(26,27)28/h2-5,12,14,16H,6-11,13H2,1H3,(H2,29,38)/b5-3+. The summed E-state index contributed by atoms with van der Waals surface area (Å²) in [7, 11) is 0. The monoisotopic (exact) mass is 550 g/mol. The molecule has 0 radical (unpaired) electrons. The number of halogens is 4. The van der Waals surface area contributed by atoms with Gasteiger partial charge in [0.15, 0.2) is 11.5 Å². The van der Waals surface area contributed by atoms with Crippen LogP contribution in [-0.4, -0.2) is 59.8 Å². The summed E-state index contributed by atoms with van der Waals surface area (Å²) in [6, 6.07) is 5.35. The molecule has 1 saturated heterocycles. The van der Waals surface area contributed by atoms with E-state index < -0.39 is 23.3 Å². The number of primary amides is 1. The second-order valence-corrected chi connectivity index (χ2v) is 9.55. The molecular weight excluding hydrogens is 525 g/mol. The van der Waals surface area contributed by atoms with Crippen LogP contribution in [0.5, 0.6) is 0 Å². The van der Waals surface area contributed by atoms with Crippen molar-refractivity contribution in [2.24, 2.45) is 11.7 Å². The first-order valence-electron chi connectivity index (χ1n) is 11.9. The van der Waals surface area contributed by atoms with Gasteiger partial charge in [0.05, 0.1) is 12.1 Å². The van der Waals surface area contributed by atoms with Gasteiger partial charge < -0.3 is 10.6 Å². The number of carbonyl (C=O) groups is 2. The van der Waals surface area contributed by atoms with E-state index in [0.717, 1.165) is 22.0 Å². The van der Waals surface area contributed by atoms with Crippen LogP contribution in [0.3, 0.4) is 0 Å². The molecule has 14 heteroatoms. The summed E-state index contributed by atoms with van der Waals surface area (Å²) < 4.78 is 40.4. The minimum Gasteiger partial charge on any atom is -0.365 e. The molecule has 2 aromatic heterocycles. The second kappa shape index (κ2) is 11.3. The molecular formula is C24H26ClF3N8O2. The van der Waals surface area contributed by atoms with E-state index in [4.69, 9.17) is 17.3 Å². The van der Waals surface area contributed by atoms with Crippen molar-refractivity contribution in [3.05, 3.63) is 63.7 Å². The average Bonchev–Trinajstić information content (AvgIpc) is 3.49. The summed E-state index contributed by atoms with van der Waals surface area (Å²) in [6.45, 7) is 3.37. The highest BCUT2D eigenvalue weighted by Gasteiger charge is 2.38. The number of nitrogens with zero attached hydrogens (tertiary/aromatic N) is 7. The van der Waals surface area contributed by atoms with E-state index >= 15 is 0 Å². The maximum absolute atomic E-state index is 13.1. The topological polar surface area (TPSA) is 125 Å². The molecule has 0 saturated carbocycles. The fourth-order valence-electron chi connectivity index (χ4n) is 4.37. The Bertz CT molecular complexity index is 1340. The predicted molar refractivity (Wildman–Crippen MR) is 132 cm³/mol. The number of hydrogen-bond acceptors (Lipinski definition) is 6. The lowest BCUT2D eigenvalue weighted by atomic mass is 9.93. The average molecular weight is 551 g/mol. The van der Waals surface area contributed by atoms with Gasteiger partial charge in [0, 0.05) is 36.9 Å². The third-order valence-electron chi connectivity index (χ3n) is 6.36. The maximum Gasteiger partial charge on any atom is 0.435 e. The highest BCUT2D eigenvalue weighted by molar-refractivity contribution is 6.30. The molecule has 1 aliphatic rings. The van der Waals surface area contributed by atoms with Gasteiger partial charge in [0.2, 0.25) is 5.91 Å². The number of likely N-dealkylation sites (tertiary alicyclic amines) is 1. The molecule has 1 fully saturated rings. The van der Waals surface area contributed by atoms with Gasteiger partial charge in [0.1, 0.15) is 0 Å². The summed E-state index contributed by atoms with van der Waals surface area (Å²) >= 11 is 6.15. The molecule has 0 atom stereocenters. The van der Waals surface area contributed by atoms with Crippen molar-refractivity contribution in [3.8, 4) is 0 Å². The van der Waals surface area contributed by atoms with Gasteiger partial charge in [-0.3, -0.25) is 14.3 Å². The van der Waals surface area contributed by atoms with E-state index in [2.05, 4.69) is 20.5 Å². The summed E-state index contributed by atoms with van der Waals surface area (Å²) in [5, 5.41) is 16.1. The number of benzene rings is 1. The Labute approximate surface area is 221 Å². The number of alkyl halides is 3. The summed E-state index contributed by atoms with van der Waals surface area (Å²) in [4.78, 5) is 27.4. The van der Waals surface area contributed by atoms with E-state index in [-0.39, 0.29) is 18.4 Å². The highest BCUT2D eigenvalue weighted by atomic mass is 35.5. The molecule has 3 aromatic rings. The molecule has 2 amide bonds. The number of rotatable bonds is 8. The second-order valence-electron chi connectivity index (χ2n) is 9.12. The van der Waals surface area contributed by atoms with Crippen LogP contribution in [0.2, 0.25) is 5.02 Å². The quantitative estimate of drug-likeness (QED) is 0.429. The van der Waals surface area contributed by atoms with Crippen molar-refractivity contribution >= 4 is 29.5 Å². The fraction of sp³-hybridized carbons (Fsp3) is 0.417. The van der Waals surface area contributed by atoms with Crippen LogP contribution in [-0.2, 0) is 24.1 Å². The zero-order valence-electron chi connectivity index (χ0n) is 20.5. The number of aromatic nitrogens is 6. The number of carbonyl (C=O) groups excluding carboxylic acids is 2. The molecule has 1 aliphatic heterocycles. The number of aryl methyl sites for hydroxylation is 2. The minimum absolute atomic E-state index is 0.132. The Morgan fingerprint density at radius 1 is 1.21 bits per heavy atom. The highest BCUT2D eigenvalue weighted by Crippen LogP contribution is 2.31. The Kier molecular flexibility index (Phi) is 8.14. The van der Waals surface area contributed by atoms with Crippen molar-refractivity contribution < 1.29 is 22.8 Å². The van der Waals surface area contributed by atoms with E-state index in [9.17, 15) is 22.8 Å². The third-order valence-corrected chi connectivity index (χ3v) is 6.60. The van der Waals surface area contributed by atoms with Crippen molar-refractivity contribution in [2.45, 2.75) is 45.5 Å². The SMILES string of the molecule is Cc1nnn(Cc2cc(Cl)ccc2/C=C/C(=O)N2CCC(CCn3cc(C(N)=O)c(C(F)(F)F)n3)CC2)n1. The third kappa shape index (κ3) is 6.77. The number of tetrazole rings is 1. The zero-order valence-corrected chi connectivity index (χ0v) is 21.3. The van der Waals surface area contributed by atoms with Crippen LogP contribution in [0.1, 0.15) is 52.3 Å². The van der Waals surface area contributed by atoms with Gasteiger partial charge in [-0.2, -0.15) is 23.1 Å². The smallest absolute Gasteiger partial charge is 0.365 e. The van der Waals surface area contributed by atoms with Gasteiger partial charge in [-0.15, -0.1) is 10.2 Å². The first-order chi connectivity index (χ1) is 18.0. The fourth-order valence-corrected chi connectivity index (χ4v) is 4.56. The lowest BCUT2D eigenvalue weighted by Crippen LogP contribution is -2.37. The molecule has 38 heavy (non-hydrogen) atoms. The van der Waals surface area contributed by atoms with Gasteiger partial charge in [-0.05, 0) is 66.7 Å². The van der Waals surface area contributed by atoms with E-state index in [1.165, 1.54) is 10.9 Å². The van der Waals surface area contributed by atoms with Crippen LogP contribution in [0.4, 0.5) is 13.2 Å². The minimum atomic E-state index is -4.76. The van der Waals surface area contributed by atoms with Crippen LogP contribution >= 0.6 is 11.6 Å². The molecule has 0 bridgehead atoms. The van der Waals surface area contributed by atoms with Crippen LogP contribution in [0.15, 0.2) is 30.5 Å². The maximum atomic E-state index is 13.1. The number of amides is 2. The number of hydrogen-bond donors (Lipinski definition) is 1. The summed E-state index contributed by atoms with van der Waals surface area (Å²) in [5.74, 6) is -0.541. The van der Waals surface area contributed by atoms with Crippen LogP contribution < -0.4 is 5.73 Å². The summed E-state index contributed by atoms with van der Waals surface area (Å²) in [6.07, 6.45) is 1.52. The molecule has 1 aromatic carbocycles. The molecule has 0 spiro atoms. The number of piperidine rings is 1. The molecule has 0 aliphatic carbocycles. The van der Waals surface area contributed by atoms with Gasteiger partial charge in [-0.1, -0.05) is 17.7 Å². The normalized spacial score (nSPS) is 14.9. The van der Waals surface area contributed by atoms with Gasteiger partial charge in [-0.25, -0.2) is 0 Å². The zero-order chi connectivity index (χ0) is 27.4. The lowest BCUT2D eigenvalue weighted by Gasteiger charge is -2.31. The Morgan fingerprint density at radius 3 is 2.55 bits per heavy atom. The molecule has 2 N–H and O–H groups in total. The molecule has 4 rings (SSSR count). The molecule has 3 heterocycles. The summed E-state index contributed by atoms with van der Waals surface area (Å²) in [5.41, 5.74) is 4.80. The van der Waals surface area contributed by atoms with Gasteiger partial charge in [0.25, 0.3) is 5.91 Å². The van der Waals surface area contributed by atoms with Crippen molar-refractivity contribution in [1.29, 1.82) is 0 Å². The first-order valence-corrected chi connectivity index (χ1v) is 12.3. The molecule has 202 valence electrons. The molecule has 0 unspecified atom stereocenters. The van der Waals surface area contributed by atoms with Crippen LogP contribution in [0, 0.1) is 12.8 Å². The van der Waals surface area contributed by atoms with E-state index in [1.807, 2.05) is 6.07 Å². The predicted octanol–water partition coefficient (Wildman–Crippen LogP) is 3.34. The van der Waals surface area contributed by atoms with E-state index in [0.29, 0.717) is 49.7 Å². The van der Waals surface area contributed by atoms with Gasteiger partial charge >= 0.3 is 6.18 Å². The Morgan fingerprint density at radius 2 is 1.95 bits per heavy atom. The largest absolute Gasteiger partial charge is 0.435 e. The van der Waals surface area contributed by atoms with Crippen LogP contribution in [0.25, 0.3) is 6.08 Å². The molecule has 10 nitrogen and oxygen atoms in total. The Balaban J connectivity index is 1.31. The van der Waals surface area contributed by atoms with Crippen molar-refractivity contribution in [1.82, 2.24) is 34.9 Å². The Hall–Kier alpha value is -3.74. The van der Waals surface area contributed by atoms with Crippen molar-refractivity contribution in [3.63, 3.8) is 0 Å². The number of nitrogens with two attached hydrogens (primary N) is 1. The first kappa shape index (κ1) is 27.3.